The molecule has 1 aromatic heterocycles. The molecule has 0 amide bonds. The number of rotatable bonds is 5. The molecule has 2 aromatic rings. The van der Waals surface area contributed by atoms with Gasteiger partial charge < -0.3 is 9.88 Å². The van der Waals surface area contributed by atoms with Gasteiger partial charge in [-0.15, -0.1) is 0 Å². The Morgan fingerprint density at radius 1 is 0.957 bits per heavy atom. The molecule has 4 rings (SSSR count). The number of benzene rings is 1. The van der Waals surface area contributed by atoms with Crippen molar-refractivity contribution in [2.45, 2.75) is 57.2 Å². The zero-order valence-electron chi connectivity index (χ0n) is 13.5. The van der Waals surface area contributed by atoms with Crippen LogP contribution >= 0.6 is 0 Å². The second-order valence-corrected chi connectivity index (χ2v) is 6.88. The van der Waals surface area contributed by atoms with Gasteiger partial charge >= 0.3 is 0 Å². The third-order valence-electron chi connectivity index (χ3n) is 5.11. The van der Waals surface area contributed by atoms with Gasteiger partial charge in [0.05, 0.1) is 5.69 Å². The lowest BCUT2D eigenvalue weighted by Gasteiger charge is -2.20. The minimum absolute atomic E-state index is 0.200. The van der Waals surface area contributed by atoms with Crippen LogP contribution in [0.2, 0.25) is 0 Å². The highest BCUT2D eigenvalue weighted by Gasteiger charge is 2.24. The summed E-state index contributed by atoms with van der Waals surface area (Å²) in [4.78, 5) is 13.1. The Hall–Kier alpha value is -1.87. The third-order valence-corrected chi connectivity index (χ3v) is 5.11. The fraction of sp³-hybridized carbons (Fsp3) is 0.450. The molecule has 1 N–H and O–H groups in total. The number of nitrogens with zero attached hydrogens (tertiary/aromatic N) is 1. The number of hydrogen-bond acceptors (Lipinski definition) is 2. The Morgan fingerprint density at radius 3 is 2.39 bits per heavy atom. The molecule has 1 aromatic carbocycles. The molecule has 23 heavy (non-hydrogen) atoms. The first-order valence-electron chi connectivity index (χ1n) is 8.86. The number of nitrogens with one attached hydrogen (secondary N) is 1. The third kappa shape index (κ3) is 3.11. The Balaban J connectivity index is 1.75. The molecule has 0 spiro atoms. The van der Waals surface area contributed by atoms with Gasteiger partial charge in [-0.25, -0.2) is 0 Å². The van der Waals surface area contributed by atoms with Crippen LogP contribution in [-0.4, -0.2) is 10.6 Å². The highest BCUT2D eigenvalue weighted by Crippen LogP contribution is 2.32. The van der Waals surface area contributed by atoms with Gasteiger partial charge in [0.2, 0.25) is 0 Å². The van der Waals surface area contributed by atoms with E-state index in [0.717, 1.165) is 29.7 Å². The molecule has 3 heteroatoms. The summed E-state index contributed by atoms with van der Waals surface area (Å²) in [6, 6.07) is 15.5. The van der Waals surface area contributed by atoms with Crippen molar-refractivity contribution in [2.24, 2.45) is 0 Å². The standard InChI is InChI=1S/C20H24N2O/c23-20-16(14-21-17-11-12-17)10-13-19(15-6-2-1-3-7-15)22(20)18-8-4-5-9-18/h1-3,6-7,10,13,17-18,21H,4-5,8-9,11-12,14H2. The largest absolute Gasteiger partial charge is 0.310 e. The van der Waals surface area contributed by atoms with E-state index in [0.29, 0.717) is 18.6 Å². The summed E-state index contributed by atoms with van der Waals surface area (Å²) in [5.41, 5.74) is 3.31. The molecule has 0 aliphatic heterocycles. The molecule has 2 saturated carbocycles. The first kappa shape index (κ1) is 14.7. The summed E-state index contributed by atoms with van der Waals surface area (Å²) < 4.78 is 2.08. The summed E-state index contributed by atoms with van der Waals surface area (Å²) >= 11 is 0. The molecule has 1 heterocycles. The van der Waals surface area contributed by atoms with Crippen molar-refractivity contribution in [2.75, 3.05) is 0 Å². The monoisotopic (exact) mass is 308 g/mol. The first-order chi connectivity index (χ1) is 11.3. The maximum Gasteiger partial charge on any atom is 0.255 e. The second kappa shape index (κ2) is 6.32. The van der Waals surface area contributed by atoms with Gasteiger partial charge in [-0.1, -0.05) is 49.2 Å². The summed E-state index contributed by atoms with van der Waals surface area (Å²) in [6.07, 6.45) is 7.21. The van der Waals surface area contributed by atoms with Crippen molar-refractivity contribution in [1.82, 2.24) is 9.88 Å². The van der Waals surface area contributed by atoms with E-state index < -0.39 is 0 Å². The second-order valence-electron chi connectivity index (χ2n) is 6.88. The average molecular weight is 308 g/mol. The summed E-state index contributed by atoms with van der Waals surface area (Å²) in [5, 5.41) is 3.48. The Labute approximate surface area is 137 Å². The van der Waals surface area contributed by atoms with Crippen LogP contribution in [0.15, 0.2) is 47.3 Å². The Kier molecular flexibility index (Phi) is 4.04. The fourth-order valence-corrected chi connectivity index (χ4v) is 3.64. The predicted octanol–water partition coefficient (Wildman–Crippen LogP) is 3.88. The highest BCUT2D eigenvalue weighted by molar-refractivity contribution is 5.60. The predicted molar refractivity (Wildman–Crippen MR) is 93.5 cm³/mol. The topological polar surface area (TPSA) is 34.0 Å². The van der Waals surface area contributed by atoms with Crippen LogP contribution in [0, 0.1) is 0 Å². The van der Waals surface area contributed by atoms with Crippen LogP contribution in [0.1, 0.15) is 50.1 Å². The van der Waals surface area contributed by atoms with Crippen molar-refractivity contribution >= 4 is 0 Å². The van der Waals surface area contributed by atoms with E-state index in [1.54, 1.807) is 0 Å². The lowest BCUT2D eigenvalue weighted by atomic mass is 10.1. The molecular formula is C20H24N2O. The zero-order valence-corrected chi connectivity index (χ0v) is 13.5. The van der Waals surface area contributed by atoms with E-state index in [9.17, 15) is 4.79 Å². The minimum Gasteiger partial charge on any atom is -0.310 e. The van der Waals surface area contributed by atoms with Gasteiger partial charge in [0.15, 0.2) is 0 Å². The van der Waals surface area contributed by atoms with E-state index in [-0.39, 0.29) is 5.56 Å². The fourth-order valence-electron chi connectivity index (χ4n) is 3.64. The van der Waals surface area contributed by atoms with E-state index in [2.05, 4.69) is 28.1 Å². The molecule has 0 saturated heterocycles. The van der Waals surface area contributed by atoms with E-state index >= 15 is 0 Å². The lowest BCUT2D eigenvalue weighted by Crippen LogP contribution is -2.30. The van der Waals surface area contributed by atoms with Crippen LogP contribution in [0.5, 0.6) is 0 Å². The van der Waals surface area contributed by atoms with Gasteiger partial charge in [-0.3, -0.25) is 4.79 Å². The maximum atomic E-state index is 13.1. The molecule has 120 valence electrons. The van der Waals surface area contributed by atoms with Crippen molar-refractivity contribution in [3.05, 3.63) is 58.4 Å². The molecule has 2 fully saturated rings. The number of hydrogen-bond donors (Lipinski definition) is 1. The minimum atomic E-state index is 0.200. The lowest BCUT2D eigenvalue weighted by molar-refractivity contribution is 0.502. The van der Waals surface area contributed by atoms with Gasteiger partial charge in [0.1, 0.15) is 0 Å². The van der Waals surface area contributed by atoms with Crippen molar-refractivity contribution < 1.29 is 0 Å². The van der Waals surface area contributed by atoms with Crippen LogP contribution in [0.3, 0.4) is 0 Å². The van der Waals surface area contributed by atoms with Crippen molar-refractivity contribution in [3.63, 3.8) is 0 Å². The highest BCUT2D eigenvalue weighted by atomic mass is 16.1. The number of pyridine rings is 1. The number of aromatic nitrogens is 1. The zero-order chi connectivity index (χ0) is 15.6. The molecular weight excluding hydrogens is 284 g/mol. The molecule has 0 radical (unpaired) electrons. The van der Waals surface area contributed by atoms with E-state index in [4.69, 9.17) is 0 Å². The molecule has 0 bridgehead atoms. The Morgan fingerprint density at radius 2 is 1.70 bits per heavy atom. The Bertz CT molecular complexity index is 725. The average Bonchev–Trinajstić information content (AvgIpc) is 3.26. The van der Waals surface area contributed by atoms with Gasteiger partial charge in [-0.2, -0.15) is 0 Å². The summed E-state index contributed by atoms with van der Waals surface area (Å²) in [7, 11) is 0. The molecule has 0 atom stereocenters. The smallest absolute Gasteiger partial charge is 0.255 e. The SMILES string of the molecule is O=c1c(CNC2CC2)ccc(-c2ccccc2)n1C1CCCC1. The van der Waals surface area contributed by atoms with Crippen LogP contribution in [0.25, 0.3) is 11.3 Å². The van der Waals surface area contributed by atoms with Crippen LogP contribution in [-0.2, 0) is 6.54 Å². The van der Waals surface area contributed by atoms with Gasteiger partial charge in [0, 0.05) is 24.2 Å². The normalized spacial score (nSPS) is 18.4. The van der Waals surface area contributed by atoms with Crippen LogP contribution < -0.4 is 10.9 Å². The quantitative estimate of drug-likeness (QED) is 0.909. The molecule has 0 unspecified atom stereocenters. The van der Waals surface area contributed by atoms with E-state index in [1.165, 1.54) is 25.7 Å². The summed E-state index contributed by atoms with van der Waals surface area (Å²) in [6.45, 7) is 0.700. The van der Waals surface area contributed by atoms with Gasteiger partial charge in [-0.05, 0) is 37.3 Å². The molecule has 2 aliphatic carbocycles. The van der Waals surface area contributed by atoms with Gasteiger partial charge in [0.25, 0.3) is 5.56 Å². The molecule has 3 nitrogen and oxygen atoms in total. The maximum absolute atomic E-state index is 13.1. The molecule has 2 aliphatic rings. The van der Waals surface area contributed by atoms with Crippen LogP contribution in [0.4, 0.5) is 0 Å². The van der Waals surface area contributed by atoms with Crippen molar-refractivity contribution in [1.29, 1.82) is 0 Å². The first-order valence-corrected chi connectivity index (χ1v) is 8.86. The summed E-state index contributed by atoms with van der Waals surface area (Å²) in [5.74, 6) is 0. The van der Waals surface area contributed by atoms with Crippen molar-refractivity contribution in [3.8, 4) is 11.3 Å². The van der Waals surface area contributed by atoms with E-state index in [1.807, 2.05) is 24.3 Å².